The van der Waals surface area contributed by atoms with Gasteiger partial charge in [0.05, 0.1) is 17.5 Å². The number of aromatic nitrogens is 1. The molecule has 1 aliphatic heterocycles. The maximum atomic E-state index is 11.5. The highest BCUT2D eigenvalue weighted by Crippen LogP contribution is 2.46. The van der Waals surface area contributed by atoms with Gasteiger partial charge in [0.2, 0.25) is 5.69 Å². The van der Waals surface area contributed by atoms with E-state index in [9.17, 15) is 10.1 Å². The average Bonchev–Trinajstić information content (AvgIpc) is 3.01. The Balaban J connectivity index is 0.00000225. The van der Waals surface area contributed by atoms with Gasteiger partial charge >= 0.3 is 0 Å². The Bertz CT molecular complexity index is 1110. The van der Waals surface area contributed by atoms with Gasteiger partial charge in [0, 0.05) is 37.0 Å². The van der Waals surface area contributed by atoms with Crippen LogP contribution < -0.4 is 4.74 Å². The summed E-state index contributed by atoms with van der Waals surface area (Å²) in [6.07, 6.45) is 0.928. The molecular formula is C19H22N5O3+. The van der Waals surface area contributed by atoms with E-state index in [0.717, 1.165) is 41.7 Å². The van der Waals surface area contributed by atoms with Crippen LogP contribution in [-0.2, 0) is 0 Å². The first-order chi connectivity index (χ1) is 13.0. The van der Waals surface area contributed by atoms with Gasteiger partial charge in [0.15, 0.2) is 17.7 Å². The predicted molar refractivity (Wildman–Crippen MR) is 105 cm³/mol. The highest BCUT2D eigenvalue weighted by atomic mass is 16.6. The van der Waals surface area contributed by atoms with Crippen molar-refractivity contribution in [3.8, 4) is 5.75 Å². The topological polar surface area (TPSA) is 83.9 Å². The summed E-state index contributed by atoms with van der Waals surface area (Å²) in [6, 6.07) is 8.78. The van der Waals surface area contributed by atoms with Crippen LogP contribution in [-0.4, -0.2) is 53.8 Å². The minimum absolute atomic E-state index is 0. The van der Waals surface area contributed by atoms with Crippen molar-refractivity contribution in [1.29, 1.82) is 0 Å². The number of hydrogen-bond acceptors (Lipinski definition) is 6. The van der Waals surface area contributed by atoms with Crippen LogP contribution in [0.5, 0.6) is 5.75 Å². The van der Waals surface area contributed by atoms with E-state index >= 15 is 0 Å². The molecule has 0 N–H and O–H groups in total. The van der Waals surface area contributed by atoms with E-state index < -0.39 is 0 Å². The Hall–Kier alpha value is -3.13. The zero-order chi connectivity index (χ0) is 19.1. The molecule has 140 valence electrons. The van der Waals surface area contributed by atoms with E-state index in [4.69, 9.17) is 9.85 Å². The van der Waals surface area contributed by atoms with E-state index in [1.165, 1.54) is 6.07 Å². The number of hydrogen-bond donors (Lipinski definition) is 0. The van der Waals surface area contributed by atoms with Crippen LogP contribution in [0.1, 0.15) is 7.85 Å². The average molecular weight is 368 g/mol. The van der Waals surface area contributed by atoms with Gasteiger partial charge in [-0.15, -0.1) is 0 Å². The molecule has 0 aliphatic carbocycles. The molecule has 0 spiro atoms. The Labute approximate surface area is 157 Å². The molecule has 8 heteroatoms. The van der Waals surface area contributed by atoms with E-state index in [2.05, 4.69) is 9.88 Å². The van der Waals surface area contributed by atoms with Crippen LogP contribution >= 0.6 is 0 Å². The van der Waals surface area contributed by atoms with Gasteiger partial charge in [-0.25, -0.2) is 4.98 Å². The molecule has 0 amide bonds. The lowest BCUT2D eigenvalue weighted by Crippen LogP contribution is -2.16. The van der Waals surface area contributed by atoms with Crippen LogP contribution in [0.15, 0.2) is 35.4 Å². The van der Waals surface area contributed by atoms with Gasteiger partial charge < -0.3 is 9.64 Å². The lowest BCUT2D eigenvalue weighted by atomic mass is 10.1. The van der Waals surface area contributed by atoms with Gasteiger partial charge in [-0.1, -0.05) is 4.70 Å². The van der Waals surface area contributed by atoms with E-state index in [1.54, 1.807) is 19.2 Å². The molecule has 1 aliphatic rings. The summed E-state index contributed by atoms with van der Waals surface area (Å²) in [5, 5.41) is 17.9. The molecule has 0 saturated heterocycles. The van der Waals surface area contributed by atoms with Crippen LogP contribution in [0.3, 0.4) is 0 Å². The molecule has 0 saturated carbocycles. The number of ether oxygens (including phenoxy) is 1. The monoisotopic (exact) mass is 368 g/mol. The maximum Gasteiger partial charge on any atom is 0.296 e. The molecule has 2 aromatic carbocycles. The summed E-state index contributed by atoms with van der Waals surface area (Å²) in [4.78, 5) is 17.8. The maximum absolute atomic E-state index is 11.5. The molecule has 0 fully saturated rings. The molecule has 3 aromatic rings. The zero-order valence-electron chi connectivity index (χ0n) is 15.5. The molecule has 0 radical (unpaired) electrons. The molecule has 2 heterocycles. The Kier molecular flexibility index (Phi) is 4.19. The number of nitro groups is 1. The number of azo groups is 2. The van der Waals surface area contributed by atoms with Crippen molar-refractivity contribution in [2.45, 2.75) is 6.42 Å². The Morgan fingerprint density at radius 2 is 2.11 bits per heavy atom. The smallest absolute Gasteiger partial charge is 0.296 e. The number of pyridine rings is 1. The van der Waals surface area contributed by atoms with Crippen molar-refractivity contribution in [1.82, 2.24) is 9.88 Å². The third-order valence-corrected chi connectivity index (χ3v) is 4.73. The van der Waals surface area contributed by atoms with Crippen LogP contribution in [0.4, 0.5) is 17.1 Å². The first kappa shape index (κ1) is 17.3. The zero-order valence-corrected chi connectivity index (χ0v) is 15.5. The number of nitro benzene ring substituents is 1. The molecule has 4 rings (SSSR count). The predicted octanol–water partition coefficient (Wildman–Crippen LogP) is 4.24. The number of fused-ring (bicyclic) bond motifs is 2. The van der Waals surface area contributed by atoms with Gasteiger partial charge in [-0.05, 0) is 32.3 Å². The van der Waals surface area contributed by atoms with Gasteiger partial charge in [-0.3, -0.25) is 10.1 Å². The van der Waals surface area contributed by atoms with Crippen molar-refractivity contribution in [2.24, 2.45) is 5.11 Å². The minimum Gasteiger partial charge on any atom is -0.497 e. The number of methoxy groups -OCH3 is 1. The number of nitrogens with zero attached hydrogens (tertiary/aromatic N) is 5. The van der Waals surface area contributed by atoms with Gasteiger partial charge in [0.25, 0.3) is 5.69 Å². The fourth-order valence-corrected chi connectivity index (χ4v) is 3.45. The summed E-state index contributed by atoms with van der Waals surface area (Å²) in [7, 11) is 5.67. The molecule has 8 nitrogen and oxygen atoms in total. The molecule has 0 atom stereocenters. The first-order valence-electron chi connectivity index (χ1n) is 8.72. The standard InChI is InChI=1S/C19H20N5O3.H2/c1-22(2)9-4-10-23-15-7-8-16(24(25)26)19-17(15)18(21-23)13-11-12(27-3)5-6-14(13)20-19;/h5-8,11H,4,9-10H2,1-3H3;1H/q+1;. The molecule has 0 bridgehead atoms. The van der Waals surface area contributed by atoms with Crippen LogP contribution in [0.2, 0.25) is 0 Å². The largest absolute Gasteiger partial charge is 0.497 e. The second kappa shape index (κ2) is 6.55. The number of non-ortho nitro benzene ring substituents is 1. The first-order valence-corrected chi connectivity index (χ1v) is 8.72. The van der Waals surface area contributed by atoms with Crippen molar-refractivity contribution < 1.29 is 15.8 Å². The molecule has 27 heavy (non-hydrogen) atoms. The highest BCUT2D eigenvalue weighted by Gasteiger charge is 2.32. The molecule has 0 unspecified atom stereocenters. The van der Waals surface area contributed by atoms with E-state index in [-0.39, 0.29) is 12.0 Å². The Morgan fingerprint density at radius 3 is 2.81 bits per heavy atom. The van der Waals surface area contributed by atoms with Gasteiger partial charge in [-0.2, -0.15) is 0 Å². The fourth-order valence-electron chi connectivity index (χ4n) is 3.45. The number of rotatable bonds is 6. The lowest BCUT2D eigenvalue weighted by Gasteiger charge is -2.06. The third kappa shape index (κ3) is 2.87. The van der Waals surface area contributed by atoms with Crippen molar-refractivity contribution in [3.63, 3.8) is 0 Å². The quantitative estimate of drug-likeness (QED) is 0.281. The van der Waals surface area contributed by atoms with Crippen molar-refractivity contribution >= 4 is 38.9 Å². The minimum atomic E-state index is -0.389. The van der Waals surface area contributed by atoms with Crippen LogP contribution in [0, 0.1) is 10.1 Å². The summed E-state index contributed by atoms with van der Waals surface area (Å²) >= 11 is 0. The highest BCUT2D eigenvalue weighted by molar-refractivity contribution is 6.13. The number of benzene rings is 2. The van der Waals surface area contributed by atoms with Crippen molar-refractivity contribution in [3.05, 3.63) is 40.4 Å². The fraction of sp³-hybridized carbons (Fsp3) is 0.316. The summed E-state index contributed by atoms with van der Waals surface area (Å²) in [5.41, 5.74) is 2.62. The van der Waals surface area contributed by atoms with Crippen LogP contribution in [0.25, 0.3) is 21.8 Å². The second-order valence-electron chi connectivity index (χ2n) is 6.81. The van der Waals surface area contributed by atoms with E-state index in [0.29, 0.717) is 16.8 Å². The lowest BCUT2D eigenvalue weighted by molar-refractivity contribution is -0.504. The Morgan fingerprint density at radius 1 is 1.30 bits per heavy atom. The molecule has 1 aromatic heterocycles. The van der Waals surface area contributed by atoms with E-state index in [1.807, 2.05) is 30.9 Å². The summed E-state index contributed by atoms with van der Waals surface area (Å²) in [6.45, 7) is 1.66. The summed E-state index contributed by atoms with van der Waals surface area (Å²) in [5.74, 6) is 0.702. The third-order valence-electron chi connectivity index (χ3n) is 4.73. The van der Waals surface area contributed by atoms with Crippen molar-refractivity contribution in [2.75, 3.05) is 34.3 Å². The second-order valence-corrected chi connectivity index (χ2v) is 6.81. The van der Waals surface area contributed by atoms with Gasteiger partial charge in [0.1, 0.15) is 11.1 Å². The normalized spacial score (nSPS) is 12.8. The summed E-state index contributed by atoms with van der Waals surface area (Å²) < 4.78 is 7.26. The SMILES string of the molecule is COc1ccc2nc3c([N+](=O)[O-])ccc4c3c(c2c1)N=[N+]4CCCN(C)C.[HH]. The molecular weight excluding hydrogens is 346 g/mol.